The molecule has 1 unspecified atom stereocenters. The molecule has 2 nitrogen and oxygen atoms in total. The predicted octanol–water partition coefficient (Wildman–Crippen LogP) is 2.21. The summed E-state index contributed by atoms with van der Waals surface area (Å²) in [6.07, 6.45) is 4.74. The molecule has 2 rings (SSSR count). The monoisotopic (exact) mass is 188 g/mol. The van der Waals surface area contributed by atoms with Gasteiger partial charge in [0.2, 0.25) is 0 Å². The van der Waals surface area contributed by atoms with Gasteiger partial charge in [0.25, 0.3) is 0 Å². The van der Waals surface area contributed by atoms with Crippen LogP contribution in [0.3, 0.4) is 0 Å². The zero-order chi connectivity index (χ0) is 7.68. The van der Waals surface area contributed by atoms with Crippen LogP contribution >= 0.6 is 23.4 Å². The summed E-state index contributed by atoms with van der Waals surface area (Å²) in [6.45, 7) is 0. The van der Waals surface area contributed by atoms with Gasteiger partial charge >= 0.3 is 0 Å². The van der Waals surface area contributed by atoms with E-state index in [1.165, 1.54) is 17.9 Å². The van der Waals surface area contributed by atoms with Gasteiger partial charge in [-0.1, -0.05) is 11.6 Å². The van der Waals surface area contributed by atoms with Crippen molar-refractivity contribution in [2.75, 3.05) is 11.5 Å². The van der Waals surface area contributed by atoms with Gasteiger partial charge < -0.3 is 4.57 Å². The van der Waals surface area contributed by atoms with Crippen LogP contribution in [0.1, 0.15) is 12.5 Å². The van der Waals surface area contributed by atoms with Crippen LogP contribution in [0.2, 0.25) is 5.15 Å². The molecule has 0 spiro atoms. The minimum Gasteiger partial charge on any atom is -0.318 e. The molecule has 0 amide bonds. The fraction of sp³-hybridized carbons (Fsp3) is 0.571. The van der Waals surface area contributed by atoms with Crippen LogP contribution in [-0.2, 0) is 0 Å². The second-order valence-electron chi connectivity index (χ2n) is 2.64. The van der Waals surface area contributed by atoms with E-state index in [2.05, 4.69) is 9.55 Å². The highest BCUT2D eigenvalue weighted by Crippen LogP contribution is 2.29. The summed E-state index contributed by atoms with van der Waals surface area (Å²) >= 11 is 7.89. The molecule has 0 aromatic carbocycles. The fourth-order valence-electron chi connectivity index (χ4n) is 1.30. The predicted molar refractivity (Wildman–Crippen MR) is 48.2 cm³/mol. The van der Waals surface area contributed by atoms with Gasteiger partial charge in [0.15, 0.2) is 0 Å². The van der Waals surface area contributed by atoms with Crippen molar-refractivity contribution in [3.8, 4) is 0 Å². The highest BCUT2D eigenvalue weighted by atomic mass is 35.5. The average molecular weight is 189 g/mol. The lowest BCUT2D eigenvalue weighted by atomic mass is 10.3. The first-order valence-corrected chi connectivity index (χ1v) is 5.16. The van der Waals surface area contributed by atoms with Crippen LogP contribution in [-0.4, -0.2) is 21.1 Å². The molecular formula is C7H9ClN2S. The van der Waals surface area contributed by atoms with Gasteiger partial charge in [0.1, 0.15) is 5.15 Å². The molecule has 1 fully saturated rings. The molecule has 1 aliphatic heterocycles. The van der Waals surface area contributed by atoms with E-state index < -0.39 is 0 Å². The van der Waals surface area contributed by atoms with Gasteiger partial charge in [0, 0.05) is 11.8 Å². The molecule has 11 heavy (non-hydrogen) atoms. The molecule has 1 aliphatic rings. The summed E-state index contributed by atoms with van der Waals surface area (Å²) in [7, 11) is 0. The highest BCUT2D eigenvalue weighted by Gasteiger charge is 2.18. The Morgan fingerprint density at radius 2 is 2.64 bits per heavy atom. The van der Waals surface area contributed by atoms with E-state index in [1.54, 1.807) is 6.20 Å². The lowest BCUT2D eigenvalue weighted by Gasteiger charge is -2.10. The number of aromatic nitrogens is 2. The highest BCUT2D eigenvalue weighted by molar-refractivity contribution is 7.99. The second kappa shape index (κ2) is 3.07. The van der Waals surface area contributed by atoms with Crippen molar-refractivity contribution >= 4 is 23.4 Å². The number of nitrogens with zero attached hydrogens (tertiary/aromatic N) is 2. The first-order chi connectivity index (χ1) is 5.38. The van der Waals surface area contributed by atoms with E-state index in [0.29, 0.717) is 6.04 Å². The van der Waals surface area contributed by atoms with Gasteiger partial charge in [-0.05, 0) is 12.2 Å². The minimum atomic E-state index is 0.579. The lowest BCUT2D eigenvalue weighted by molar-refractivity contribution is 0.560. The smallest absolute Gasteiger partial charge is 0.128 e. The van der Waals surface area contributed by atoms with Crippen LogP contribution in [0, 0.1) is 0 Å². The van der Waals surface area contributed by atoms with Gasteiger partial charge in [-0.3, -0.25) is 0 Å². The third-order valence-corrected chi connectivity index (χ3v) is 3.36. The van der Waals surface area contributed by atoms with Gasteiger partial charge in [0.05, 0.1) is 12.5 Å². The van der Waals surface area contributed by atoms with Crippen molar-refractivity contribution in [1.29, 1.82) is 0 Å². The largest absolute Gasteiger partial charge is 0.318 e. The maximum atomic E-state index is 5.91. The standard InChI is InChI=1S/C7H9ClN2S/c8-7-3-9-5-10(7)6-1-2-11-4-6/h3,5-6H,1-2,4H2. The number of imidazole rings is 1. The van der Waals surface area contributed by atoms with E-state index in [9.17, 15) is 0 Å². The summed E-state index contributed by atoms with van der Waals surface area (Å²) in [4.78, 5) is 3.99. The Kier molecular flexibility index (Phi) is 2.09. The summed E-state index contributed by atoms with van der Waals surface area (Å²) in [6, 6.07) is 0.579. The SMILES string of the molecule is Clc1cncn1C1CCSC1. The van der Waals surface area contributed by atoms with E-state index in [4.69, 9.17) is 11.6 Å². The van der Waals surface area contributed by atoms with Crippen LogP contribution in [0.15, 0.2) is 12.5 Å². The first kappa shape index (κ1) is 7.50. The topological polar surface area (TPSA) is 17.8 Å². The Balaban J connectivity index is 2.21. The Morgan fingerprint density at radius 3 is 3.18 bits per heavy atom. The first-order valence-electron chi connectivity index (χ1n) is 3.63. The third kappa shape index (κ3) is 1.40. The summed E-state index contributed by atoms with van der Waals surface area (Å²) in [5.74, 6) is 2.43. The molecule has 0 radical (unpaired) electrons. The molecule has 2 heterocycles. The molecule has 1 aromatic rings. The maximum absolute atomic E-state index is 5.91. The second-order valence-corrected chi connectivity index (χ2v) is 4.18. The van der Waals surface area contributed by atoms with Crippen molar-refractivity contribution in [2.45, 2.75) is 12.5 Å². The number of rotatable bonds is 1. The van der Waals surface area contributed by atoms with Crippen molar-refractivity contribution in [3.63, 3.8) is 0 Å². The number of thioether (sulfide) groups is 1. The van der Waals surface area contributed by atoms with Crippen molar-refractivity contribution in [2.24, 2.45) is 0 Å². The molecule has 0 N–H and O–H groups in total. The summed E-state index contributed by atoms with van der Waals surface area (Å²) < 4.78 is 2.06. The van der Waals surface area contributed by atoms with Crippen molar-refractivity contribution in [3.05, 3.63) is 17.7 Å². The molecule has 0 bridgehead atoms. The van der Waals surface area contributed by atoms with Gasteiger partial charge in [-0.2, -0.15) is 11.8 Å². The van der Waals surface area contributed by atoms with Crippen LogP contribution in [0.4, 0.5) is 0 Å². The fourth-order valence-corrected chi connectivity index (χ4v) is 2.74. The molecular weight excluding hydrogens is 180 g/mol. The Morgan fingerprint density at radius 1 is 1.73 bits per heavy atom. The maximum Gasteiger partial charge on any atom is 0.128 e. The van der Waals surface area contributed by atoms with Crippen molar-refractivity contribution in [1.82, 2.24) is 9.55 Å². The molecule has 4 heteroatoms. The molecule has 1 saturated heterocycles. The van der Waals surface area contributed by atoms with E-state index >= 15 is 0 Å². The third-order valence-electron chi connectivity index (χ3n) is 1.92. The number of halogens is 1. The molecule has 60 valence electrons. The van der Waals surface area contributed by atoms with Gasteiger partial charge in [-0.15, -0.1) is 0 Å². The number of hydrogen-bond acceptors (Lipinski definition) is 2. The Bertz CT molecular complexity index is 242. The zero-order valence-electron chi connectivity index (χ0n) is 6.03. The molecule has 1 atom stereocenters. The van der Waals surface area contributed by atoms with Gasteiger partial charge in [-0.25, -0.2) is 4.98 Å². The zero-order valence-corrected chi connectivity index (χ0v) is 7.61. The summed E-state index contributed by atoms with van der Waals surface area (Å²) in [5, 5.41) is 0.762. The molecule has 1 aromatic heterocycles. The van der Waals surface area contributed by atoms with Crippen LogP contribution in [0.5, 0.6) is 0 Å². The van der Waals surface area contributed by atoms with E-state index in [-0.39, 0.29) is 0 Å². The van der Waals surface area contributed by atoms with E-state index in [0.717, 1.165) is 5.15 Å². The van der Waals surface area contributed by atoms with Crippen LogP contribution in [0.25, 0.3) is 0 Å². The quantitative estimate of drug-likeness (QED) is 0.673. The minimum absolute atomic E-state index is 0.579. The normalized spacial score (nSPS) is 24.3. The average Bonchev–Trinajstić information content (AvgIpc) is 2.55. The lowest BCUT2D eigenvalue weighted by Crippen LogP contribution is -2.05. The molecule has 0 aliphatic carbocycles. The summed E-state index contributed by atoms with van der Waals surface area (Å²) in [5.41, 5.74) is 0. The van der Waals surface area contributed by atoms with E-state index in [1.807, 2.05) is 18.1 Å². The Labute approximate surface area is 75.0 Å². The van der Waals surface area contributed by atoms with Crippen molar-refractivity contribution < 1.29 is 0 Å². The molecule has 0 saturated carbocycles. The number of hydrogen-bond donors (Lipinski definition) is 0. The Hall–Kier alpha value is -0.150. The van der Waals surface area contributed by atoms with Crippen LogP contribution < -0.4 is 0 Å².